The van der Waals surface area contributed by atoms with Crippen LogP contribution < -0.4 is 0 Å². The third-order valence-corrected chi connectivity index (χ3v) is 2.46. The van der Waals surface area contributed by atoms with E-state index in [2.05, 4.69) is 12.6 Å². The largest absolute Gasteiger partial charge is 0.236 e. The molecule has 2 heteroatoms. The van der Waals surface area contributed by atoms with Crippen LogP contribution >= 0.6 is 12.6 Å². The molecule has 1 rings (SSSR count). The molecule has 0 N–H and O–H groups in total. The SMILES string of the molecule is FC(S)C1CCCCC1. The van der Waals surface area contributed by atoms with Crippen molar-refractivity contribution in [2.75, 3.05) is 0 Å². The average molecular weight is 148 g/mol. The Hall–Kier alpha value is 0.280. The van der Waals surface area contributed by atoms with Crippen molar-refractivity contribution in [2.24, 2.45) is 5.92 Å². The molecule has 0 bridgehead atoms. The minimum absolute atomic E-state index is 0.252. The Balaban J connectivity index is 2.23. The number of thiol groups is 1. The van der Waals surface area contributed by atoms with E-state index in [0.29, 0.717) is 0 Å². The summed E-state index contributed by atoms with van der Waals surface area (Å²) < 4.78 is 12.5. The fraction of sp³-hybridized carbons (Fsp3) is 1.00. The fourth-order valence-electron chi connectivity index (χ4n) is 1.41. The molecule has 1 aliphatic carbocycles. The van der Waals surface area contributed by atoms with Crippen molar-refractivity contribution >= 4 is 12.6 Å². The molecule has 0 aromatic heterocycles. The van der Waals surface area contributed by atoms with E-state index in [1.54, 1.807) is 0 Å². The zero-order chi connectivity index (χ0) is 6.69. The van der Waals surface area contributed by atoms with Crippen LogP contribution in [0.15, 0.2) is 0 Å². The van der Waals surface area contributed by atoms with E-state index < -0.39 is 5.50 Å². The lowest BCUT2D eigenvalue weighted by molar-refractivity contribution is 0.256. The summed E-state index contributed by atoms with van der Waals surface area (Å²) in [4.78, 5) is 0. The van der Waals surface area contributed by atoms with E-state index in [1.165, 1.54) is 19.3 Å². The highest BCUT2D eigenvalue weighted by Gasteiger charge is 2.19. The molecule has 1 aliphatic rings. The lowest BCUT2D eigenvalue weighted by atomic mass is 9.90. The van der Waals surface area contributed by atoms with Crippen molar-refractivity contribution in [2.45, 2.75) is 37.6 Å². The Kier molecular flexibility index (Phi) is 2.83. The standard InChI is InChI=1S/C7H13FS/c8-7(9)6-4-2-1-3-5-6/h6-7,9H,1-5H2. The Bertz CT molecular complexity index is 77.0. The van der Waals surface area contributed by atoms with Crippen molar-refractivity contribution in [3.8, 4) is 0 Å². The summed E-state index contributed by atoms with van der Waals surface area (Å²) in [6.45, 7) is 0. The minimum Gasteiger partial charge on any atom is -0.236 e. The van der Waals surface area contributed by atoms with Gasteiger partial charge in [-0.15, -0.1) is 12.6 Å². The second kappa shape index (κ2) is 3.45. The Morgan fingerprint density at radius 1 is 1.22 bits per heavy atom. The summed E-state index contributed by atoms with van der Waals surface area (Å²) in [6.07, 6.45) is 5.78. The third kappa shape index (κ3) is 2.17. The van der Waals surface area contributed by atoms with Crippen LogP contribution in [0.3, 0.4) is 0 Å². The zero-order valence-electron chi connectivity index (χ0n) is 5.52. The maximum absolute atomic E-state index is 12.5. The van der Waals surface area contributed by atoms with Gasteiger partial charge in [0.15, 0.2) is 0 Å². The van der Waals surface area contributed by atoms with Crippen LogP contribution in [0.4, 0.5) is 4.39 Å². The van der Waals surface area contributed by atoms with Crippen LogP contribution in [0.2, 0.25) is 0 Å². The van der Waals surface area contributed by atoms with Gasteiger partial charge >= 0.3 is 0 Å². The fourth-order valence-corrected chi connectivity index (χ4v) is 1.71. The summed E-state index contributed by atoms with van der Waals surface area (Å²) in [5.41, 5.74) is -0.870. The number of halogens is 1. The maximum atomic E-state index is 12.5. The first-order valence-corrected chi connectivity index (χ1v) is 4.14. The van der Waals surface area contributed by atoms with Crippen molar-refractivity contribution in [3.05, 3.63) is 0 Å². The summed E-state index contributed by atoms with van der Waals surface area (Å²) in [5.74, 6) is 0.252. The molecule has 0 aliphatic heterocycles. The molecule has 54 valence electrons. The highest BCUT2D eigenvalue weighted by Crippen LogP contribution is 2.29. The van der Waals surface area contributed by atoms with E-state index in [9.17, 15) is 4.39 Å². The summed E-state index contributed by atoms with van der Waals surface area (Å²) >= 11 is 3.77. The molecule has 0 spiro atoms. The molecule has 9 heavy (non-hydrogen) atoms. The molecule has 1 unspecified atom stereocenters. The van der Waals surface area contributed by atoms with Gasteiger partial charge in [0.25, 0.3) is 0 Å². The summed E-state index contributed by atoms with van der Waals surface area (Å²) in [6, 6.07) is 0. The molecule has 0 heterocycles. The molecule has 0 aromatic carbocycles. The molecular formula is C7H13FS. The van der Waals surface area contributed by atoms with Crippen LogP contribution in [0.5, 0.6) is 0 Å². The Morgan fingerprint density at radius 2 is 1.78 bits per heavy atom. The topological polar surface area (TPSA) is 0 Å². The van der Waals surface area contributed by atoms with Crippen molar-refractivity contribution in [1.82, 2.24) is 0 Å². The molecule has 0 amide bonds. The van der Waals surface area contributed by atoms with Gasteiger partial charge < -0.3 is 0 Å². The van der Waals surface area contributed by atoms with Crippen LogP contribution in [0.25, 0.3) is 0 Å². The molecular weight excluding hydrogens is 135 g/mol. The predicted octanol–water partition coefficient (Wildman–Crippen LogP) is 2.79. The molecule has 0 aromatic rings. The molecule has 1 saturated carbocycles. The van der Waals surface area contributed by atoms with Gasteiger partial charge in [0.2, 0.25) is 0 Å². The normalized spacial score (nSPS) is 26.0. The van der Waals surface area contributed by atoms with Crippen molar-refractivity contribution in [3.63, 3.8) is 0 Å². The zero-order valence-corrected chi connectivity index (χ0v) is 6.41. The van der Waals surface area contributed by atoms with Crippen LogP contribution in [0, 0.1) is 5.92 Å². The van der Waals surface area contributed by atoms with Crippen molar-refractivity contribution in [1.29, 1.82) is 0 Å². The quantitative estimate of drug-likeness (QED) is 0.543. The van der Waals surface area contributed by atoms with Gasteiger partial charge in [-0.05, 0) is 18.8 Å². The van der Waals surface area contributed by atoms with E-state index in [0.717, 1.165) is 12.8 Å². The van der Waals surface area contributed by atoms with Gasteiger partial charge in [0.05, 0.1) is 0 Å². The molecule has 1 fully saturated rings. The van der Waals surface area contributed by atoms with E-state index >= 15 is 0 Å². The predicted molar refractivity (Wildman–Crippen MR) is 40.5 cm³/mol. The smallest absolute Gasteiger partial charge is 0.146 e. The summed E-state index contributed by atoms with van der Waals surface area (Å²) in [5, 5.41) is 0. The molecule has 1 atom stereocenters. The van der Waals surface area contributed by atoms with Gasteiger partial charge in [-0.3, -0.25) is 0 Å². The number of hydrogen-bond donors (Lipinski definition) is 1. The second-order valence-electron chi connectivity index (χ2n) is 2.77. The van der Waals surface area contributed by atoms with Gasteiger partial charge in [0, 0.05) is 0 Å². The average Bonchev–Trinajstić information content (AvgIpc) is 1.90. The first-order valence-electron chi connectivity index (χ1n) is 3.63. The monoisotopic (exact) mass is 148 g/mol. The lowest BCUT2D eigenvalue weighted by Crippen LogP contribution is -2.13. The molecule has 0 saturated heterocycles. The Morgan fingerprint density at radius 3 is 2.11 bits per heavy atom. The van der Waals surface area contributed by atoms with E-state index in [-0.39, 0.29) is 5.92 Å². The van der Waals surface area contributed by atoms with Crippen LogP contribution in [-0.4, -0.2) is 5.50 Å². The number of hydrogen-bond acceptors (Lipinski definition) is 1. The van der Waals surface area contributed by atoms with Crippen LogP contribution in [-0.2, 0) is 0 Å². The lowest BCUT2D eigenvalue weighted by Gasteiger charge is -2.21. The van der Waals surface area contributed by atoms with Crippen LogP contribution in [0.1, 0.15) is 32.1 Å². The summed E-state index contributed by atoms with van der Waals surface area (Å²) in [7, 11) is 0. The molecule has 0 radical (unpaired) electrons. The first-order chi connectivity index (χ1) is 4.30. The first kappa shape index (κ1) is 7.39. The molecule has 0 nitrogen and oxygen atoms in total. The third-order valence-electron chi connectivity index (χ3n) is 2.04. The highest BCUT2D eigenvalue weighted by atomic mass is 32.1. The van der Waals surface area contributed by atoms with Gasteiger partial charge in [-0.1, -0.05) is 19.3 Å². The number of alkyl halides is 1. The Labute approximate surface area is 61.2 Å². The van der Waals surface area contributed by atoms with Crippen molar-refractivity contribution < 1.29 is 4.39 Å². The highest BCUT2D eigenvalue weighted by molar-refractivity contribution is 7.80. The van der Waals surface area contributed by atoms with Gasteiger partial charge in [0.1, 0.15) is 5.50 Å². The minimum atomic E-state index is -0.870. The van der Waals surface area contributed by atoms with E-state index in [1.807, 2.05) is 0 Å². The maximum Gasteiger partial charge on any atom is 0.146 e. The van der Waals surface area contributed by atoms with E-state index in [4.69, 9.17) is 0 Å². The second-order valence-corrected chi connectivity index (χ2v) is 3.26. The number of rotatable bonds is 1. The van der Waals surface area contributed by atoms with Gasteiger partial charge in [-0.25, -0.2) is 4.39 Å². The van der Waals surface area contributed by atoms with Gasteiger partial charge in [-0.2, -0.15) is 0 Å².